The third-order valence-corrected chi connectivity index (χ3v) is 2.90. The molecule has 6 heteroatoms. The lowest BCUT2D eigenvalue weighted by Gasteiger charge is -2.18. The number of nitro benzene ring substituents is 1. The Hall–Kier alpha value is -1.66. The van der Waals surface area contributed by atoms with Crippen molar-refractivity contribution in [3.63, 3.8) is 0 Å². The van der Waals surface area contributed by atoms with Crippen LogP contribution in [-0.4, -0.2) is 44.2 Å². The van der Waals surface area contributed by atoms with E-state index in [1.807, 2.05) is 14.1 Å². The number of nitrogens with one attached hydrogen (secondary N) is 1. The van der Waals surface area contributed by atoms with Crippen molar-refractivity contribution in [2.24, 2.45) is 0 Å². The number of benzene rings is 1. The Morgan fingerprint density at radius 1 is 1.47 bits per heavy atom. The zero-order valence-electron chi connectivity index (χ0n) is 11.7. The molecule has 106 valence electrons. The number of anilines is 1. The SMILES string of the molecule is CNc1ccc([N+](=O)[O-])cc1CN(C)CCCOC. The average Bonchev–Trinajstić information content (AvgIpc) is 2.38. The van der Waals surface area contributed by atoms with Gasteiger partial charge in [-0.2, -0.15) is 0 Å². The molecular formula is C13H21N3O3. The van der Waals surface area contributed by atoms with Gasteiger partial charge in [-0.15, -0.1) is 0 Å². The highest BCUT2D eigenvalue weighted by atomic mass is 16.6. The zero-order valence-corrected chi connectivity index (χ0v) is 11.7. The van der Waals surface area contributed by atoms with Crippen LogP contribution in [0.4, 0.5) is 11.4 Å². The second kappa shape index (κ2) is 7.70. The van der Waals surface area contributed by atoms with Crippen LogP contribution in [0.15, 0.2) is 18.2 Å². The van der Waals surface area contributed by atoms with Crippen molar-refractivity contribution < 1.29 is 9.66 Å². The molecule has 0 aromatic heterocycles. The molecule has 0 aliphatic carbocycles. The third kappa shape index (κ3) is 4.84. The van der Waals surface area contributed by atoms with E-state index in [9.17, 15) is 10.1 Å². The molecular weight excluding hydrogens is 246 g/mol. The lowest BCUT2D eigenvalue weighted by molar-refractivity contribution is -0.384. The minimum absolute atomic E-state index is 0.124. The standard InChI is InChI=1S/C13H21N3O3/c1-14-13-6-5-12(16(17)18)9-11(13)10-15(2)7-4-8-19-3/h5-6,9,14H,4,7-8,10H2,1-3H3. The van der Waals surface area contributed by atoms with Crippen molar-refractivity contribution in [1.82, 2.24) is 4.90 Å². The van der Waals surface area contributed by atoms with Crippen LogP contribution in [0.1, 0.15) is 12.0 Å². The molecule has 0 saturated carbocycles. The van der Waals surface area contributed by atoms with Crippen LogP contribution >= 0.6 is 0 Å². The van der Waals surface area contributed by atoms with Gasteiger partial charge < -0.3 is 15.0 Å². The summed E-state index contributed by atoms with van der Waals surface area (Å²) in [5, 5.41) is 13.9. The maximum atomic E-state index is 10.8. The van der Waals surface area contributed by atoms with Crippen LogP contribution in [0.5, 0.6) is 0 Å². The Labute approximate surface area is 113 Å². The minimum Gasteiger partial charge on any atom is -0.388 e. The molecule has 0 aliphatic rings. The van der Waals surface area contributed by atoms with E-state index in [-0.39, 0.29) is 10.6 Å². The molecule has 1 rings (SSSR count). The monoisotopic (exact) mass is 267 g/mol. The molecule has 0 radical (unpaired) electrons. The molecule has 1 N–H and O–H groups in total. The summed E-state index contributed by atoms with van der Waals surface area (Å²) in [5.74, 6) is 0. The van der Waals surface area contributed by atoms with Crippen LogP contribution in [0, 0.1) is 10.1 Å². The quantitative estimate of drug-likeness (QED) is 0.444. The van der Waals surface area contributed by atoms with Crippen molar-refractivity contribution in [2.75, 3.05) is 39.7 Å². The highest BCUT2D eigenvalue weighted by molar-refractivity contribution is 5.55. The summed E-state index contributed by atoms with van der Waals surface area (Å²) in [6.45, 7) is 2.28. The molecule has 0 bridgehead atoms. The van der Waals surface area contributed by atoms with Gasteiger partial charge >= 0.3 is 0 Å². The van der Waals surface area contributed by atoms with Crippen LogP contribution < -0.4 is 5.32 Å². The number of hydrogen-bond donors (Lipinski definition) is 1. The number of rotatable bonds is 8. The molecule has 1 aromatic rings. The predicted octanol–water partition coefficient (Wildman–Crippen LogP) is 2.10. The van der Waals surface area contributed by atoms with E-state index in [2.05, 4.69) is 10.2 Å². The van der Waals surface area contributed by atoms with Gasteiger partial charge in [-0.25, -0.2) is 0 Å². The molecule has 0 fully saturated rings. The van der Waals surface area contributed by atoms with E-state index < -0.39 is 0 Å². The van der Waals surface area contributed by atoms with Gasteiger partial charge in [0.1, 0.15) is 0 Å². The molecule has 0 saturated heterocycles. The Bertz CT molecular complexity index is 424. The van der Waals surface area contributed by atoms with Gasteiger partial charge in [0.2, 0.25) is 0 Å². The second-order valence-electron chi connectivity index (χ2n) is 4.43. The van der Waals surface area contributed by atoms with Gasteiger partial charge in [-0.1, -0.05) is 0 Å². The summed E-state index contributed by atoms with van der Waals surface area (Å²) in [6.07, 6.45) is 0.941. The smallest absolute Gasteiger partial charge is 0.269 e. The van der Waals surface area contributed by atoms with E-state index in [0.29, 0.717) is 6.54 Å². The number of non-ortho nitro benzene ring substituents is 1. The number of ether oxygens (including phenoxy) is 1. The molecule has 0 heterocycles. The summed E-state index contributed by atoms with van der Waals surface area (Å²) in [7, 11) is 5.49. The number of nitro groups is 1. The lowest BCUT2D eigenvalue weighted by atomic mass is 10.1. The number of methoxy groups -OCH3 is 1. The first-order valence-corrected chi connectivity index (χ1v) is 6.21. The zero-order chi connectivity index (χ0) is 14.3. The fourth-order valence-corrected chi connectivity index (χ4v) is 1.92. The molecule has 0 atom stereocenters. The largest absolute Gasteiger partial charge is 0.388 e. The van der Waals surface area contributed by atoms with Crippen molar-refractivity contribution in [2.45, 2.75) is 13.0 Å². The van der Waals surface area contributed by atoms with Gasteiger partial charge in [-0.3, -0.25) is 10.1 Å². The van der Waals surface area contributed by atoms with E-state index in [4.69, 9.17) is 4.74 Å². The maximum Gasteiger partial charge on any atom is 0.269 e. The first kappa shape index (κ1) is 15.4. The van der Waals surface area contributed by atoms with Crippen LogP contribution in [-0.2, 0) is 11.3 Å². The van der Waals surface area contributed by atoms with Crippen LogP contribution in [0.25, 0.3) is 0 Å². The average molecular weight is 267 g/mol. The van der Waals surface area contributed by atoms with Gasteiger partial charge in [0.25, 0.3) is 5.69 Å². The predicted molar refractivity (Wildman–Crippen MR) is 75.5 cm³/mol. The Morgan fingerprint density at radius 3 is 2.79 bits per heavy atom. The fraction of sp³-hybridized carbons (Fsp3) is 0.538. The third-order valence-electron chi connectivity index (χ3n) is 2.90. The van der Waals surface area contributed by atoms with Crippen molar-refractivity contribution in [1.29, 1.82) is 0 Å². The fourth-order valence-electron chi connectivity index (χ4n) is 1.92. The number of hydrogen-bond acceptors (Lipinski definition) is 5. The highest BCUT2D eigenvalue weighted by Gasteiger charge is 2.11. The van der Waals surface area contributed by atoms with Crippen molar-refractivity contribution in [3.05, 3.63) is 33.9 Å². The molecule has 0 spiro atoms. The highest BCUT2D eigenvalue weighted by Crippen LogP contribution is 2.22. The van der Waals surface area contributed by atoms with Gasteiger partial charge in [0, 0.05) is 51.7 Å². The van der Waals surface area contributed by atoms with Crippen molar-refractivity contribution >= 4 is 11.4 Å². The van der Waals surface area contributed by atoms with E-state index in [1.165, 1.54) is 6.07 Å². The van der Waals surface area contributed by atoms with E-state index in [0.717, 1.165) is 30.8 Å². The molecule has 6 nitrogen and oxygen atoms in total. The minimum atomic E-state index is -0.367. The number of nitrogens with zero attached hydrogens (tertiary/aromatic N) is 2. The topological polar surface area (TPSA) is 67.6 Å². The summed E-state index contributed by atoms with van der Waals surface area (Å²) in [4.78, 5) is 12.6. The van der Waals surface area contributed by atoms with Gasteiger partial charge in [0.05, 0.1) is 4.92 Å². The Morgan fingerprint density at radius 2 is 2.21 bits per heavy atom. The molecule has 0 amide bonds. The van der Waals surface area contributed by atoms with Crippen LogP contribution in [0.2, 0.25) is 0 Å². The summed E-state index contributed by atoms with van der Waals surface area (Å²) >= 11 is 0. The maximum absolute atomic E-state index is 10.8. The molecule has 0 unspecified atom stereocenters. The summed E-state index contributed by atoms with van der Waals surface area (Å²) < 4.78 is 5.01. The normalized spacial score (nSPS) is 10.7. The van der Waals surface area contributed by atoms with Gasteiger partial charge in [0.15, 0.2) is 0 Å². The first-order chi connectivity index (χ1) is 9.08. The molecule has 0 aliphatic heterocycles. The lowest BCUT2D eigenvalue weighted by Crippen LogP contribution is -2.20. The van der Waals surface area contributed by atoms with E-state index >= 15 is 0 Å². The van der Waals surface area contributed by atoms with Crippen LogP contribution in [0.3, 0.4) is 0 Å². The summed E-state index contributed by atoms with van der Waals surface area (Å²) in [6, 6.07) is 4.88. The molecule has 19 heavy (non-hydrogen) atoms. The van der Waals surface area contributed by atoms with E-state index in [1.54, 1.807) is 19.2 Å². The molecule has 1 aromatic carbocycles. The summed E-state index contributed by atoms with van der Waals surface area (Å²) in [5.41, 5.74) is 1.97. The van der Waals surface area contributed by atoms with Crippen molar-refractivity contribution in [3.8, 4) is 0 Å². The van der Waals surface area contributed by atoms with Gasteiger partial charge in [-0.05, 0) is 25.1 Å². The first-order valence-electron chi connectivity index (χ1n) is 6.21. The second-order valence-corrected chi connectivity index (χ2v) is 4.43. The Kier molecular flexibility index (Phi) is 6.24. The Balaban J connectivity index is 2.74.